The molecule has 0 saturated carbocycles. The van der Waals surface area contributed by atoms with Crippen molar-refractivity contribution >= 4 is 0 Å². The zero-order chi connectivity index (χ0) is 12.4. The summed E-state index contributed by atoms with van der Waals surface area (Å²) in [7, 11) is 0. The second-order valence-electron chi connectivity index (χ2n) is 5.81. The van der Waals surface area contributed by atoms with Crippen LogP contribution in [0.5, 0.6) is 0 Å². The average molecular weight is 230 g/mol. The van der Waals surface area contributed by atoms with Crippen LogP contribution in [0.2, 0.25) is 0 Å². The second-order valence-corrected chi connectivity index (χ2v) is 5.81. The summed E-state index contributed by atoms with van der Waals surface area (Å²) < 4.78 is 5.49. The van der Waals surface area contributed by atoms with E-state index in [1.54, 1.807) is 6.92 Å². The zero-order valence-electron chi connectivity index (χ0n) is 11.0. The Morgan fingerprint density at radius 1 is 1.56 bits per heavy atom. The molecular weight excluding hydrogens is 204 g/mol. The van der Waals surface area contributed by atoms with Gasteiger partial charge in [-0.2, -0.15) is 0 Å². The van der Waals surface area contributed by atoms with E-state index in [1.807, 2.05) is 0 Å². The van der Waals surface area contributed by atoms with E-state index in [2.05, 4.69) is 25.7 Å². The van der Waals surface area contributed by atoms with Crippen LogP contribution in [-0.2, 0) is 4.74 Å². The highest BCUT2D eigenvalue weighted by atomic mass is 16.5. The topological polar surface area (TPSA) is 58.7 Å². The van der Waals surface area contributed by atoms with Crippen molar-refractivity contribution in [3.8, 4) is 0 Å². The maximum atomic E-state index is 10.0. The standard InChI is InChI=1S/C12H26N2O2/c1-10(7-12(4,15)8-13)14-5-6-16-9-11(14,2)3/h10,15H,5-9,13H2,1-4H3. The summed E-state index contributed by atoms with van der Waals surface area (Å²) in [4.78, 5) is 2.40. The maximum Gasteiger partial charge on any atom is 0.0756 e. The molecule has 1 aliphatic rings. The molecule has 96 valence electrons. The quantitative estimate of drug-likeness (QED) is 0.742. The molecule has 0 aromatic heterocycles. The van der Waals surface area contributed by atoms with Gasteiger partial charge in [0.05, 0.1) is 18.8 Å². The molecule has 0 radical (unpaired) electrons. The van der Waals surface area contributed by atoms with Gasteiger partial charge in [-0.05, 0) is 34.1 Å². The normalized spacial score (nSPS) is 27.4. The number of nitrogens with zero attached hydrogens (tertiary/aromatic N) is 1. The van der Waals surface area contributed by atoms with Gasteiger partial charge in [0.25, 0.3) is 0 Å². The first-order chi connectivity index (χ1) is 7.28. The summed E-state index contributed by atoms with van der Waals surface area (Å²) in [5.41, 5.74) is 4.83. The Balaban J connectivity index is 2.61. The molecule has 1 saturated heterocycles. The van der Waals surface area contributed by atoms with Gasteiger partial charge in [0.1, 0.15) is 0 Å². The molecule has 0 aliphatic carbocycles. The smallest absolute Gasteiger partial charge is 0.0756 e. The van der Waals surface area contributed by atoms with Gasteiger partial charge >= 0.3 is 0 Å². The van der Waals surface area contributed by atoms with Gasteiger partial charge in [0, 0.05) is 24.7 Å². The fourth-order valence-electron chi connectivity index (χ4n) is 2.52. The molecule has 1 heterocycles. The minimum atomic E-state index is -0.770. The minimum Gasteiger partial charge on any atom is -0.389 e. The number of hydrogen-bond donors (Lipinski definition) is 2. The molecule has 2 atom stereocenters. The summed E-state index contributed by atoms with van der Waals surface area (Å²) >= 11 is 0. The summed E-state index contributed by atoms with van der Waals surface area (Å²) in [5, 5.41) is 10.0. The van der Waals surface area contributed by atoms with Crippen LogP contribution in [0.15, 0.2) is 0 Å². The minimum absolute atomic E-state index is 0.0440. The lowest BCUT2D eigenvalue weighted by atomic mass is 9.92. The highest BCUT2D eigenvalue weighted by Gasteiger charge is 2.36. The Kier molecular flexibility index (Phi) is 4.35. The molecular formula is C12H26N2O2. The van der Waals surface area contributed by atoms with Gasteiger partial charge in [-0.1, -0.05) is 0 Å². The summed E-state index contributed by atoms with van der Waals surface area (Å²) in [6, 6.07) is 0.317. The van der Waals surface area contributed by atoms with Crippen molar-refractivity contribution in [1.29, 1.82) is 0 Å². The van der Waals surface area contributed by atoms with E-state index in [-0.39, 0.29) is 5.54 Å². The van der Waals surface area contributed by atoms with Crippen LogP contribution in [0.4, 0.5) is 0 Å². The lowest BCUT2D eigenvalue weighted by molar-refractivity contribution is -0.0829. The fourth-order valence-corrected chi connectivity index (χ4v) is 2.52. The molecule has 4 heteroatoms. The Hall–Kier alpha value is -0.160. The van der Waals surface area contributed by atoms with Crippen molar-refractivity contribution in [2.24, 2.45) is 5.73 Å². The predicted octanol–water partition coefficient (Wildman–Crippen LogP) is 0.586. The number of hydrogen-bond acceptors (Lipinski definition) is 4. The van der Waals surface area contributed by atoms with Crippen LogP contribution >= 0.6 is 0 Å². The van der Waals surface area contributed by atoms with E-state index >= 15 is 0 Å². The SMILES string of the molecule is CC(CC(C)(O)CN)N1CCOCC1(C)C. The number of rotatable bonds is 4. The van der Waals surface area contributed by atoms with Gasteiger partial charge in [-0.3, -0.25) is 4.90 Å². The molecule has 4 nitrogen and oxygen atoms in total. The van der Waals surface area contributed by atoms with Gasteiger partial charge in [0.15, 0.2) is 0 Å². The Labute approximate surface area is 98.8 Å². The number of ether oxygens (including phenoxy) is 1. The van der Waals surface area contributed by atoms with Crippen LogP contribution < -0.4 is 5.73 Å². The number of aliphatic hydroxyl groups is 1. The summed E-state index contributed by atoms with van der Waals surface area (Å²) in [6.07, 6.45) is 0.701. The lowest BCUT2D eigenvalue weighted by Gasteiger charge is -2.47. The molecule has 0 aromatic rings. The summed E-state index contributed by atoms with van der Waals surface area (Å²) in [5.74, 6) is 0. The van der Waals surface area contributed by atoms with Gasteiger partial charge in [0.2, 0.25) is 0 Å². The second kappa shape index (κ2) is 5.00. The Bertz CT molecular complexity index is 229. The van der Waals surface area contributed by atoms with Crippen LogP contribution in [0.25, 0.3) is 0 Å². The predicted molar refractivity (Wildman–Crippen MR) is 65.4 cm³/mol. The van der Waals surface area contributed by atoms with Crippen molar-refractivity contribution in [1.82, 2.24) is 4.90 Å². The van der Waals surface area contributed by atoms with Gasteiger partial charge < -0.3 is 15.6 Å². The van der Waals surface area contributed by atoms with Crippen LogP contribution in [-0.4, -0.2) is 53.5 Å². The first-order valence-corrected chi connectivity index (χ1v) is 6.05. The molecule has 0 bridgehead atoms. The number of nitrogens with two attached hydrogens (primary N) is 1. The zero-order valence-corrected chi connectivity index (χ0v) is 11.0. The fraction of sp³-hybridized carbons (Fsp3) is 1.00. The van der Waals surface area contributed by atoms with E-state index < -0.39 is 5.60 Å². The summed E-state index contributed by atoms with van der Waals surface area (Å²) in [6.45, 7) is 11.1. The molecule has 3 N–H and O–H groups in total. The van der Waals surface area contributed by atoms with Crippen LogP contribution in [0, 0.1) is 0 Å². The molecule has 0 amide bonds. The first kappa shape index (κ1) is 13.9. The Morgan fingerprint density at radius 2 is 2.19 bits per heavy atom. The highest BCUT2D eigenvalue weighted by molar-refractivity contribution is 4.90. The molecule has 1 aliphatic heterocycles. The van der Waals surface area contributed by atoms with E-state index in [4.69, 9.17) is 10.5 Å². The third-order valence-corrected chi connectivity index (χ3v) is 3.42. The van der Waals surface area contributed by atoms with E-state index in [0.717, 1.165) is 19.8 Å². The third-order valence-electron chi connectivity index (χ3n) is 3.42. The van der Waals surface area contributed by atoms with Crippen molar-refractivity contribution in [3.05, 3.63) is 0 Å². The lowest BCUT2D eigenvalue weighted by Crippen LogP contribution is -2.58. The number of morpholine rings is 1. The van der Waals surface area contributed by atoms with Gasteiger partial charge in [-0.25, -0.2) is 0 Å². The van der Waals surface area contributed by atoms with E-state index in [0.29, 0.717) is 19.0 Å². The Morgan fingerprint density at radius 3 is 2.69 bits per heavy atom. The van der Waals surface area contributed by atoms with Crippen LogP contribution in [0.1, 0.15) is 34.1 Å². The molecule has 1 fully saturated rings. The maximum absolute atomic E-state index is 10.0. The molecule has 0 aromatic carbocycles. The van der Waals surface area contributed by atoms with E-state index in [9.17, 15) is 5.11 Å². The van der Waals surface area contributed by atoms with E-state index in [1.165, 1.54) is 0 Å². The third kappa shape index (κ3) is 3.42. The molecule has 16 heavy (non-hydrogen) atoms. The highest BCUT2D eigenvalue weighted by Crippen LogP contribution is 2.25. The van der Waals surface area contributed by atoms with Crippen molar-refractivity contribution < 1.29 is 9.84 Å². The average Bonchev–Trinajstić information content (AvgIpc) is 2.16. The van der Waals surface area contributed by atoms with Crippen LogP contribution in [0.3, 0.4) is 0 Å². The molecule has 1 rings (SSSR count). The van der Waals surface area contributed by atoms with Crippen molar-refractivity contribution in [2.75, 3.05) is 26.3 Å². The van der Waals surface area contributed by atoms with Gasteiger partial charge in [-0.15, -0.1) is 0 Å². The largest absolute Gasteiger partial charge is 0.389 e. The van der Waals surface area contributed by atoms with Crippen molar-refractivity contribution in [3.63, 3.8) is 0 Å². The van der Waals surface area contributed by atoms with Crippen molar-refractivity contribution in [2.45, 2.75) is 51.3 Å². The monoisotopic (exact) mass is 230 g/mol. The molecule has 2 unspecified atom stereocenters. The first-order valence-electron chi connectivity index (χ1n) is 6.05. The molecule has 0 spiro atoms.